The molecule has 1 N–H and O–H groups in total. The Morgan fingerprint density at radius 1 is 1.31 bits per heavy atom. The highest BCUT2D eigenvalue weighted by Crippen LogP contribution is 2.08. The van der Waals surface area contributed by atoms with Gasteiger partial charge in [-0.2, -0.15) is 0 Å². The molecule has 1 aromatic rings. The van der Waals surface area contributed by atoms with Crippen LogP contribution in [0.2, 0.25) is 0 Å². The van der Waals surface area contributed by atoms with Gasteiger partial charge >= 0.3 is 6.16 Å². The first-order chi connectivity index (χ1) is 6.08. The number of carbonyl (C=O) groups is 1. The summed E-state index contributed by atoms with van der Waals surface area (Å²) in [7, 11) is 0. The molecule has 0 bridgehead atoms. The molecule has 0 saturated heterocycles. The maximum atomic E-state index is 12.5. The van der Waals surface area contributed by atoms with Crippen LogP contribution in [0.5, 0.6) is 0 Å². The lowest BCUT2D eigenvalue weighted by Crippen LogP contribution is -2.00. The van der Waals surface area contributed by atoms with Crippen molar-refractivity contribution in [2.24, 2.45) is 0 Å². The van der Waals surface area contributed by atoms with E-state index in [-0.39, 0.29) is 12.2 Å². The Kier molecular flexibility index (Phi) is 2.79. The van der Waals surface area contributed by atoms with Gasteiger partial charge in [-0.1, -0.05) is 0 Å². The van der Waals surface area contributed by atoms with Crippen molar-refractivity contribution in [3.63, 3.8) is 0 Å². The Hall–Kier alpha value is -1.65. The molecule has 0 atom stereocenters. The van der Waals surface area contributed by atoms with Crippen molar-refractivity contribution in [1.82, 2.24) is 0 Å². The van der Waals surface area contributed by atoms with Crippen LogP contribution in [0.15, 0.2) is 18.2 Å². The van der Waals surface area contributed by atoms with E-state index >= 15 is 0 Å². The van der Waals surface area contributed by atoms with Crippen LogP contribution in [-0.2, 0) is 11.3 Å². The first kappa shape index (κ1) is 9.44. The topological polar surface area (TPSA) is 46.5 Å². The van der Waals surface area contributed by atoms with E-state index in [4.69, 9.17) is 5.11 Å². The third-order valence-electron chi connectivity index (χ3n) is 1.28. The zero-order valence-electron chi connectivity index (χ0n) is 6.46. The molecule has 0 fully saturated rings. The molecule has 0 unspecified atom stereocenters. The molecule has 13 heavy (non-hydrogen) atoms. The molecule has 5 heteroatoms. The molecule has 1 aromatic carbocycles. The second-order valence-electron chi connectivity index (χ2n) is 2.33. The second-order valence-corrected chi connectivity index (χ2v) is 2.33. The summed E-state index contributed by atoms with van der Waals surface area (Å²) >= 11 is 0. The van der Waals surface area contributed by atoms with Crippen molar-refractivity contribution >= 4 is 6.16 Å². The van der Waals surface area contributed by atoms with Gasteiger partial charge in [0, 0.05) is 6.07 Å². The van der Waals surface area contributed by atoms with Crippen LogP contribution in [0.25, 0.3) is 0 Å². The molecule has 0 aromatic heterocycles. The normalized spacial score (nSPS) is 9.69. The Morgan fingerprint density at radius 3 is 2.31 bits per heavy atom. The summed E-state index contributed by atoms with van der Waals surface area (Å²) in [6.07, 6.45) is -1.48. The molecule has 0 spiro atoms. The largest absolute Gasteiger partial charge is 0.506 e. The number of hydrogen-bond donors (Lipinski definition) is 1. The first-order valence-corrected chi connectivity index (χ1v) is 3.38. The van der Waals surface area contributed by atoms with Gasteiger partial charge in [0.05, 0.1) is 0 Å². The van der Waals surface area contributed by atoms with Crippen LogP contribution in [0, 0.1) is 11.6 Å². The summed E-state index contributed by atoms with van der Waals surface area (Å²) in [6, 6.07) is 2.71. The SMILES string of the molecule is O=C(O)OCc1cc(F)cc(F)c1. The van der Waals surface area contributed by atoms with Crippen LogP contribution in [0.1, 0.15) is 5.56 Å². The van der Waals surface area contributed by atoms with Crippen LogP contribution < -0.4 is 0 Å². The number of hydrogen-bond acceptors (Lipinski definition) is 2. The Bertz CT molecular complexity index is 305. The Morgan fingerprint density at radius 2 is 1.85 bits per heavy atom. The molecular weight excluding hydrogens is 182 g/mol. The highest BCUT2D eigenvalue weighted by Gasteiger charge is 2.02. The van der Waals surface area contributed by atoms with Crippen LogP contribution in [-0.4, -0.2) is 11.3 Å². The Labute approximate surface area is 72.6 Å². The number of rotatable bonds is 2. The molecule has 1 rings (SSSR count). The third-order valence-corrected chi connectivity index (χ3v) is 1.28. The van der Waals surface area contributed by atoms with Gasteiger partial charge in [0.2, 0.25) is 0 Å². The quantitative estimate of drug-likeness (QED) is 0.723. The van der Waals surface area contributed by atoms with Gasteiger partial charge < -0.3 is 9.84 Å². The minimum atomic E-state index is -1.48. The van der Waals surface area contributed by atoms with E-state index in [0.29, 0.717) is 6.07 Å². The molecule has 3 nitrogen and oxygen atoms in total. The fraction of sp³-hybridized carbons (Fsp3) is 0.125. The van der Waals surface area contributed by atoms with Crippen molar-refractivity contribution in [2.75, 3.05) is 0 Å². The zero-order chi connectivity index (χ0) is 9.84. The monoisotopic (exact) mass is 188 g/mol. The molecule has 0 heterocycles. The maximum Gasteiger partial charge on any atom is 0.506 e. The molecule has 0 amide bonds. The van der Waals surface area contributed by atoms with Gasteiger partial charge in [-0.05, 0) is 17.7 Å². The molecule has 0 saturated carbocycles. The lowest BCUT2D eigenvalue weighted by molar-refractivity contribution is 0.0852. The third kappa shape index (κ3) is 3.06. The van der Waals surface area contributed by atoms with Crippen molar-refractivity contribution < 1.29 is 23.4 Å². The van der Waals surface area contributed by atoms with E-state index in [1.807, 2.05) is 0 Å². The molecule has 0 radical (unpaired) electrons. The van der Waals surface area contributed by atoms with Crippen molar-refractivity contribution in [3.8, 4) is 0 Å². The number of ether oxygens (including phenoxy) is 1. The summed E-state index contributed by atoms with van der Waals surface area (Å²) < 4.78 is 29.1. The highest BCUT2D eigenvalue weighted by molar-refractivity contribution is 5.56. The molecule has 0 aliphatic heterocycles. The van der Waals surface area contributed by atoms with Gasteiger partial charge in [-0.3, -0.25) is 0 Å². The molecule has 70 valence electrons. The number of carboxylic acid groups (broad SMARTS) is 1. The van der Waals surface area contributed by atoms with Gasteiger partial charge in [0.25, 0.3) is 0 Å². The highest BCUT2D eigenvalue weighted by atomic mass is 19.1. The standard InChI is InChI=1S/C8H6F2O3/c9-6-1-5(2-7(10)3-6)4-13-8(11)12/h1-3H,4H2,(H,11,12). The van der Waals surface area contributed by atoms with Crippen molar-refractivity contribution in [2.45, 2.75) is 6.61 Å². The van der Waals surface area contributed by atoms with E-state index in [9.17, 15) is 13.6 Å². The fourth-order valence-corrected chi connectivity index (χ4v) is 0.839. The number of halogens is 2. The number of benzene rings is 1. The van der Waals surface area contributed by atoms with Crippen LogP contribution in [0.4, 0.5) is 13.6 Å². The first-order valence-electron chi connectivity index (χ1n) is 3.38. The van der Waals surface area contributed by atoms with Gasteiger partial charge in [-0.25, -0.2) is 13.6 Å². The second kappa shape index (κ2) is 3.84. The van der Waals surface area contributed by atoms with Gasteiger partial charge in [0.1, 0.15) is 18.2 Å². The van der Waals surface area contributed by atoms with Gasteiger partial charge in [-0.15, -0.1) is 0 Å². The molecule has 0 aliphatic rings. The summed E-state index contributed by atoms with van der Waals surface area (Å²) in [5.41, 5.74) is 0.139. The van der Waals surface area contributed by atoms with E-state index in [0.717, 1.165) is 12.1 Å². The minimum Gasteiger partial charge on any atom is -0.450 e. The van der Waals surface area contributed by atoms with Crippen LogP contribution in [0.3, 0.4) is 0 Å². The van der Waals surface area contributed by atoms with E-state index in [2.05, 4.69) is 4.74 Å². The summed E-state index contributed by atoms with van der Waals surface area (Å²) in [5.74, 6) is -1.52. The average molecular weight is 188 g/mol. The zero-order valence-corrected chi connectivity index (χ0v) is 6.46. The minimum absolute atomic E-state index is 0.139. The summed E-state index contributed by atoms with van der Waals surface area (Å²) in [5, 5.41) is 8.10. The lowest BCUT2D eigenvalue weighted by Gasteiger charge is -2.00. The summed E-state index contributed by atoms with van der Waals surface area (Å²) in [6.45, 7) is -0.357. The van der Waals surface area contributed by atoms with E-state index in [1.54, 1.807) is 0 Å². The van der Waals surface area contributed by atoms with E-state index < -0.39 is 17.8 Å². The molecule has 0 aliphatic carbocycles. The van der Waals surface area contributed by atoms with Crippen LogP contribution >= 0.6 is 0 Å². The maximum absolute atomic E-state index is 12.5. The van der Waals surface area contributed by atoms with Gasteiger partial charge in [0.15, 0.2) is 0 Å². The molecular formula is C8H6F2O3. The lowest BCUT2D eigenvalue weighted by atomic mass is 10.2. The Balaban J connectivity index is 2.71. The van der Waals surface area contributed by atoms with Crippen molar-refractivity contribution in [3.05, 3.63) is 35.4 Å². The predicted molar refractivity (Wildman–Crippen MR) is 39.2 cm³/mol. The predicted octanol–water partition coefficient (Wildman–Crippen LogP) is 2.16. The van der Waals surface area contributed by atoms with E-state index in [1.165, 1.54) is 0 Å². The summed E-state index contributed by atoms with van der Waals surface area (Å²) in [4.78, 5) is 9.93. The smallest absolute Gasteiger partial charge is 0.450 e. The average Bonchev–Trinajstić information content (AvgIpc) is 1.99. The fourth-order valence-electron chi connectivity index (χ4n) is 0.839. The van der Waals surface area contributed by atoms with Crippen molar-refractivity contribution in [1.29, 1.82) is 0 Å².